The van der Waals surface area contributed by atoms with Crippen molar-refractivity contribution in [1.29, 1.82) is 0 Å². The highest BCUT2D eigenvalue weighted by atomic mass is 32.1. The number of rotatable bonds is 8. The summed E-state index contributed by atoms with van der Waals surface area (Å²) in [5.74, 6) is 2.25. The van der Waals surface area contributed by atoms with E-state index in [1.165, 1.54) is 5.56 Å². The third kappa shape index (κ3) is 7.10. The number of thiocarbonyl (C=S) groups is 1. The number of hydrogen-bond donors (Lipinski definition) is 2. The molecule has 27 heavy (non-hydrogen) atoms. The highest BCUT2D eigenvalue weighted by molar-refractivity contribution is 7.80. The normalized spacial score (nSPS) is 12.0. The van der Waals surface area contributed by atoms with Crippen molar-refractivity contribution in [2.24, 2.45) is 5.92 Å². The fourth-order valence-corrected chi connectivity index (χ4v) is 3.06. The van der Waals surface area contributed by atoms with Crippen LogP contribution in [0.4, 0.5) is 5.69 Å². The molecule has 1 unspecified atom stereocenters. The minimum atomic E-state index is 0.138. The molecule has 0 saturated heterocycles. The molecule has 0 bridgehead atoms. The van der Waals surface area contributed by atoms with Crippen LogP contribution < -0.4 is 20.1 Å². The molecule has 0 fully saturated rings. The van der Waals surface area contributed by atoms with Gasteiger partial charge in [-0.2, -0.15) is 0 Å². The fourth-order valence-electron chi connectivity index (χ4n) is 2.80. The highest BCUT2D eigenvalue weighted by Gasteiger charge is 2.15. The summed E-state index contributed by atoms with van der Waals surface area (Å²) in [4.78, 5) is 0. The van der Waals surface area contributed by atoms with Crippen molar-refractivity contribution in [3.05, 3.63) is 54.1 Å². The molecule has 0 aliphatic heterocycles. The quantitative estimate of drug-likeness (QED) is 0.582. The van der Waals surface area contributed by atoms with Crippen LogP contribution in [0.25, 0.3) is 0 Å². The van der Waals surface area contributed by atoms with Gasteiger partial charge in [-0.05, 0) is 80.4 Å². The molecule has 2 aromatic rings. The molecule has 2 aromatic carbocycles. The van der Waals surface area contributed by atoms with E-state index in [2.05, 4.69) is 36.6 Å². The molecular formula is C22H30N2O2S. The van der Waals surface area contributed by atoms with Crippen LogP contribution in [-0.4, -0.2) is 18.3 Å². The maximum absolute atomic E-state index is 5.67. The van der Waals surface area contributed by atoms with Crippen molar-refractivity contribution in [1.82, 2.24) is 5.32 Å². The summed E-state index contributed by atoms with van der Waals surface area (Å²) in [6.07, 6.45) is 1.14. The Morgan fingerprint density at radius 2 is 1.52 bits per heavy atom. The molecule has 2 rings (SSSR count). The first kappa shape index (κ1) is 21.0. The van der Waals surface area contributed by atoms with E-state index in [1.54, 1.807) is 7.11 Å². The van der Waals surface area contributed by atoms with Gasteiger partial charge in [-0.15, -0.1) is 0 Å². The van der Waals surface area contributed by atoms with Gasteiger partial charge in [-0.1, -0.05) is 26.0 Å². The first-order valence-corrected chi connectivity index (χ1v) is 9.76. The predicted octanol–water partition coefficient (Wildman–Crippen LogP) is 5.56. The molecule has 0 spiro atoms. The lowest BCUT2D eigenvalue weighted by Crippen LogP contribution is -2.33. The Kier molecular flexibility index (Phi) is 7.92. The zero-order chi connectivity index (χ0) is 19.8. The standard InChI is InChI=1S/C22H30N2O2S/c1-15(2)14-21(17-6-10-19(25-5)11-7-17)24-22(27)23-18-8-12-20(13-9-18)26-16(3)4/h6-13,15-16,21H,14H2,1-5H3,(H2,23,24,27). The summed E-state index contributed by atoms with van der Waals surface area (Å²) < 4.78 is 10.9. The second-order valence-corrected chi connectivity index (χ2v) is 7.65. The molecule has 1 atom stereocenters. The van der Waals surface area contributed by atoms with E-state index in [9.17, 15) is 0 Å². The van der Waals surface area contributed by atoms with Crippen LogP contribution in [0.3, 0.4) is 0 Å². The lowest BCUT2D eigenvalue weighted by Gasteiger charge is -2.23. The molecule has 0 heterocycles. The third-order valence-electron chi connectivity index (χ3n) is 4.01. The van der Waals surface area contributed by atoms with Gasteiger partial charge in [-0.3, -0.25) is 0 Å². The smallest absolute Gasteiger partial charge is 0.171 e. The van der Waals surface area contributed by atoms with Crippen molar-refractivity contribution in [3.63, 3.8) is 0 Å². The summed E-state index contributed by atoms with van der Waals surface area (Å²) in [7, 11) is 1.68. The lowest BCUT2D eigenvalue weighted by atomic mass is 9.97. The Balaban J connectivity index is 2.02. The van der Waals surface area contributed by atoms with Crippen molar-refractivity contribution >= 4 is 23.0 Å². The van der Waals surface area contributed by atoms with Gasteiger partial charge in [0, 0.05) is 5.69 Å². The number of nitrogens with one attached hydrogen (secondary N) is 2. The van der Waals surface area contributed by atoms with E-state index >= 15 is 0 Å². The van der Waals surface area contributed by atoms with E-state index in [0.29, 0.717) is 11.0 Å². The maximum Gasteiger partial charge on any atom is 0.171 e. The molecule has 0 aromatic heterocycles. The van der Waals surface area contributed by atoms with Crippen LogP contribution in [0.2, 0.25) is 0 Å². The monoisotopic (exact) mass is 386 g/mol. The first-order chi connectivity index (χ1) is 12.9. The second-order valence-electron chi connectivity index (χ2n) is 7.24. The van der Waals surface area contributed by atoms with Gasteiger partial charge in [0.25, 0.3) is 0 Å². The Labute approximate surface area is 168 Å². The van der Waals surface area contributed by atoms with Crippen molar-refractivity contribution < 1.29 is 9.47 Å². The molecule has 2 N–H and O–H groups in total. The van der Waals surface area contributed by atoms with Crippen LogP contribution in [0.15, 0.2) is 48.5 Å². The predicted molar refractivity (Wildman–Crippen MR) is 117 cm³/mol. The van der Waals surface area contributed by atoms with Gasteiger partial charge in [0.1, 0.15) is 11.5 Å². The zero-order valence-electron chi connectivity index (χ0n) is 16.8. The van der Waals surface area contributed by atoms with Crippen molar-refractivity contribution in [2.75, 3.05) is 12.4 Å². The largest absolute Gasteiger partial charge is 0.497 e. The molecular weight excluding hydrogens is 356 g/mol. The summed E-state index contributed by atoms with van der Waals surface area (Å²) >= 11 is 5.54. The number of anilines is 1. The minimum Gasteiger partial charge on any atom is -0.497 e. The Morgan fingerprint density at radius 3 is 2.04 bits per heavy atom. The average Bonchev–Trinajstić information content (AvgIpc) is 2.62. The van der Waals surface area contributed by atoms with Gasteiger partial charge in [-0.25, -0.2) is 0 Å². The van der Waals surface area contributed by atoms with Gasteiger partial charge in [0.15, 0.2) is 5.11 Å². The first-order valence-electron chi connectivity index (χ1n) is 9.35. The number of methoxy groups -OCH3 is 1. The fraction of sp³-hybridized carbons (Fsp3) is 0.409. The number of ether oxygens (including phenoxy) is 2. The SMILES string of the molecule is COc1ccc(C(CC(C)C)NC(=S)Nc2ccc(OC(C)C)cc2)cc1. The highest BCUT2D eigenvalue weighted by Crippen LogP contribution is 2.24. The summed E-state index contributed by atoms with van der Waals surface area (Å²) in [6, 6.07) is 16.1. The van der Waals surface area contributed by atoms with E-state index in [-0.39, 0.29) is 12.1 Å². The van der Waals surface area contributed by atoms with E-state index < -0.39 is 0 Å². The molecule has 4 nitrogen and oxygen atoms in total. The lowest BCUT2D eigenvalue weighted by molar-refractivity contribution is 0.242. The van der Waals surface area contributed by atoms with Gasteiger partial charge in [0.2, 0.25) is 0 Å². The van der Waals surface area contributed by atoms with Crippen LogP contribution >= 0.6 is 12.2 Å². The van der Waals surface area contributed by atoms with E-state index in [4.69, 9.17) is 21.7 Å². The molecule has 146 valence electrons. The molecule has 0 amide bonds. The summed E-state index contributed by atoms with van der Waals surface area (Å²) in [6.45, 7) is 8.45. The number of benzene rings is 2. The topological polar surface area (TPSA) is 42.5 Å². The van der Waals surface area contributed by atoms with Crippen LogP contribution in [-0.2, 0) is 0 Å². The summed E-state index contributed by atoms with van der Waals surface area (Å²) in [5, 5.41) is 7.31. The van der Waals surface area contributed by atoms with Gasteiger partial charge in [0.05, 0.1) is 19.3 Å². The molecule has 0 aliphatic carbocycles. The molecule has 5 heteroatoms. The minimum absolute atomic E-state index is 0.138. The zero-order valence-corrected chi connectivity index (χ0v) is 17.6. The third-order valence-corrected chi connectivity index (χ3v) is 4.23. The Hall–Kier alpha value is -2.27. The average molecular weight is 387 g/mol. The Morgan fingerprint density at radius 1 is 0.926 bits per heavy atom. The van der Waals surface area contributed by atoms with Crippen LogP contribution in [0.5, 0.6) is 11.5 Å². The van der Waals surface area contributed by atoms with Crippen molar-refractivity contribution in [2.45, 2.75) is 46.3 Å². The Bertz CT molecular complexity index is 712. The number of hydrogen-bond acceptors (Lipinski definition) is 3. The molecule has 0 radical (unpaired) electrons. The van der Waals surface area contributed by atoms with E-state index in [0.717, 1.165) is 23.6 Å². The maximum atomic E-state index is 5.67. The van der Waals surface area contributed by atoms with E-state index in [1.807, 2.05) is 50.2 Å². The second kappa shape index (κ2) is 10.2. The van der Waals surface area contributed by atoms with Crippen LogP contribution in [0.1, 0.15) is 45.7 Å². The molecule has 0 saturated carbocycles. The van der Waals surface area contributed by atoms with Crippen molar-refractivity contribution in [3.8, 4) is 11.5 Å². The summed E-state index contributed by atoms with van der Waals surface area (Å²) in [5.41, 5.74) is 2.12. The van der Waals surface area contributed by atoms with Gasteiger partial charge >= 0.3 is 0 Å². The van der Waals surface area contributed by atoms with Gasteiger partial charge < -0.3 is 20.1 Å². The van der Waals surface area contributed by atoms with Crippen LogP contribution in [0, 0.1) is 5.92 Å². The molecule has 0 aliphatic rings.